The monoisotopic (exact) mass is 335 g/mol. The van der Waals surface area contributed by atoms with Gasteiger partial charge in [-0.15, -0.1) is 0 Å². The number of aryl methyl sites for hydroxylation is 1. The zero-order chi connectivity index (χ0) is 16.4. The molecule has 0 spiro atoms. The van der Waals surface area contributed by atoms with Crippen LogP contribution in [0.4, 0.5) is 0 Å². The number of fused-ring (bicyclic) bond motifs is 1. The minimum absolute atomic E-state index is 0.0887. The van der Waals surface area contributed by atoms with Crippen molar-refractivity contribution in [1.29, 1.82) is 0 Å². The van der Waals surface area contributed by atoms with Gasteiger partial charge in [-0.3, -0.25) is 4.79 Å². The third-order valence-electron chi connectivity index (χ3n) is 3.71. The molecule has 2 N–H and O–H groups in total. The van der Waals surface area contributed by atoms with Gasteiger partial charge >= 0.3 is 0 Å². The van der Waals surface area contributed by atoms with Gasteiger partial charge in [0.15, 0.2) is 9.84 Å². The van der Waals surface area contributed by atoms with Gasteiger partial charge in [0.1, 0.15) is 12.4 Å². The molecule has 23 heavy (non-hydrogen) atoms. The maximum atomic E-state index is 12.0. The average Bonchev–Trinajstić information content (AvgIpc) is 3.04. The quantitative estimate of drug-likeness (QED) is 0.821. The Labute approximate surface area is 133 Å². The smallest absolute Gasteiger partial charge is 0.222 e. The molecule has 1 aromatic heterocycles. The molecule has 0 unspecified atom stereocenters. The van der Waals surface area contributed by atoms with Gasteiger partial charge in [0.25, 0.3) is 0 Å². The molecule has 1 amide bonds. The largest absolute Gasteiger partial charge is 0.388 e. The Balaban J connectivity index is 1.66. The lowest BCUT2D eigenvalue weighted by molar-refractivity contribution is -0.121. The predicted octanol–water partition coefficient (Wildman–Crippen LogP) is 0.346. The maximum absolute atomic E-state index is 12.0. The van der Waals surface area contributed by atoms with E-state index in [0.29, 0.717) is 12.4 Å². The number of hydrogen-bond acceptors (Lipinski definition) is 5. The highest BCUT2D eigenvalue weighted by Crippen LogP contribution is 2.16. The van der Waals surface area contributed by atoms with Gasteiger partial charge in [-0.1, -0.05) is 12.1 Å². The summed E-state index contributed by atoms with van der Waals surface area (Å²) in [4.78, 5) is 16.3. The molecule has 0 bridgehead atoms. The van der Waals surface area contributed by atoms with Crippen LogP contribution in [0, 0.1) is 0 Å². The van der Waals surface area contributed by atoms with E-state index in [9.17, 15) is 18.3 Å². The lowest BCUT2D eigenvalue weighted by Gasteiger charge is -2.11. The Kier molecular flexibility index (Phi) is 4.18. The molecular weight excluding hydrogens is 318 g/mol. The van der Waals surface area contributed by atoms with Gasteiger partial charge in [0.2, 0.25) is 5.91 Å². The Morgan fingerprint density at radius 1 is 1.39 bits per heavy atom. The Bertz CT molecular complexity index is 870. The van der Waals surface area contributed by atoms with Crippen LogP contribution in [0.1, 0.15) is 12.2 Å². The van der Waals surface area contributed by atoms with E-state index in [1.54, 1.807) is 4.57 Å². The van der Waals surface area contributed by atoms with Crippen molar-refractivity contribution in [2.75, 3.05) is 5.75 Å². The highest BCUT2D eigenvalue weighted by Gasteiger charge is 2.23. The number of carbonyl (C=O) groups excluding carboxylic acids is 1. The number of para-hydroxylation sites is 2. The minimum Gasteiger partial charge on any atom is -0.388 e. The Morgan fingerprint density at radius 2 is 2.17 bits per heavy atom. The molecule has 1 aliphatic heterocycles. The zero-order valence-electron chi connectivity index (χ0n) is 12.3. The first-order valence-corrected chi connectivity index (χ1v) is 8.95. The second kappa shape index (κ2) is 6.13. The second-order valence-electron chi connectivity index (χ2n) is 5.41. The number of aromatic nitrogens is 2. The van der Waals surface area contributed by atoms with Crippen molar-refractivity contribution in [3.8, 4) is 0 Å². The van der Waals surface area contributed by atoms with Crippen molar-refractivity contribution in [2.45, 2.75) is 25.6 Å². The summed E-state index contributed by atoms with van der Waals surface area (Å²) in [5, 5.41) is 13.2. The van der Waals surface area contributed by atoms with Gasteiger partial charge < -0.3 is 15.0 Å². The minimum atomic E-state index is -3.18. The van der Waals surface area contributed by atoms with Crippen LogP contribution in [-0.4, -0.2) is 40.8 Å². The summed E-state index contributed by atoms with van der Waals surface area (Å²) >= 11 is 0. The molecule has 0 radical (unpaired) electrons. The number of amides is 1. The second-order valence-corrected chi connectivity index (χ2v) is 7.34. The van der Waals surface area contributed by atoms with E-state index in [2.05, 4.69) is 10.3 Å². The summed E-state index contributed by atoms with van der Waals surface area (Å²) in [6, 6.07) is 6.99. The van der Waals surface area contributed by atoms with Gasteiger partial charge in [-0.2, -0.15) is 0 Å². The normalized spacial score (nSPS) is 19.3. The van der Waals surface area contributed by atoms with Crippen molar-refractivity contribution in [3.05, 3.63) is 41.6 Å². The summed E-state index contributed by atoms with van der Waals surface area (Å²) in [5.74, 6) is 0.176. The van der Waals surface area contributed by atoms with E-state index in [0.717, 1.165) is 16.4 Å². The molecule has 0 saturated carbocycles. The number of aliphatic hydroxyl groups excluding tert-OH is 1. The van der Waals surface area contributed by atoms with Crippen molar-refractivity contribution in [3.63, 3.8) is 0 Å². The molecule has 8 heteroatoms. The summed E-state index contributed by atoms with van der Waals surface area (Å²) in [7, 11) is -3.18. The highest BCUT2D eigenvalue weighted by molar-refractivity contribution is 7.94. The standard InChI is InChI=1S/C15H17N3O4S/c19-9-14-17-12-3-1-2-4-13(12)18(14)7-5-15(20)16-11-6-8-23(21,22)10-11/h1-4,6,8,11,19H,5,7,9-10H2,(H,16,20)/t11-/m0/s1. The highest BCUT2D eigenvalue weighted by atomic mass is 32.2. The van der Waals surface area contributed by atoms with Gasteiger partial charge in [0.05, 0.1) is 22.8 Å². The van der Waals surface area contributed by atoms with Crippen LogP contribution in [0.2, 0.25) is 0 Å². The Hall–Kier alpha value is -2.19. The number of imidazole rings is 1. The summed E-state index contributed by atoms with van der Waals surface area (Å²) < 4.78 is 24.4. The van der Waals surface area contributed by atoms with Crippen LogP contribution in [-0.2, 0) is 27.8 Å². The lowest BCUT2D eigenvalue weighted by Crippen LogP contribution is -2.35. The van der Waals surface area contributed by atoms with Crippen molar-refractivity contribution >= 4 is 26.8 Å². The number of carbonyl (C=O) groups is 1. The third kappa shape index (κ3) is 3.43. The zero-order valence-corrected chi connectivity index (χ0v) is 13.2. The lowest BCUT2D eigenvalue weighted by atomic mass is 10.3. The van der Waals surface area contributed by atoms with Crippen LogP contribution >= 0.6 is 0 Å². The number of nitrogens with zero attached hydrogens (tertiary/aromatic N) is 2. The topological polar surface area (TPSA) is 101 Å². The van der Waals surface area contributed by atoms with E-state index in [-0.39, 0.29) is 24.7 Å². The van der Waals surface area contributed by atoms with Crippen LogP contribution < -0.4 is 5.32 Å². The van der Waals surface area contributed by atoms with Crippen LogP contribution in [0.15, 0.2) is 35.7 Å². The van der Waals surface area contributed by atoms with Crippen molar-refractivity contribution in [1.82, 2.24) is 14.9 Å². The number of aliphatic hydroxyl groups is 1. The molecule has 1 aliphatic rings. The molecule has 2 heterocycles. The van der Waals surface area contributed by atoms with E-state index in [1.807, 2.05) is 24.3 Å². The predicted molar refractivity (Wildman–Crippen MR) is 85.1 cm³/mol. The molecule has 2 aromatic rings. The number of benzene rings is 1. The molecule has 3 rings (SSSR count). The molecule has 0 fully saturated rings. The first-order valence-electron chi connectivity index (χ1n) is 7.24. The molecule has 1 aromatic carbocycles. The molecule has 122 valence electrons. The number of sulfone groups is 1. The molecule has 0 aliphatic carbocycles. The van der Waals surface area contributed by atoms with Crippen molar-refractivity contribution in [2.24, 2.45) is 0 Å². The third-order valence-corrected chi connectivity index (χ3v) is 5.11. The van der Waals surface area contributed by atoms with Gasteiger partial charge in [0, 0.05) is 18.4 Å². The van der Waals surface area contributed by atoms with Crippen molar-refractivity contribution < 1.29 is 18.3 Å². The summed E-state index contributed by atoms with van der Waals surface area (Å²) in [5.41, 5.74) is 1.62. The van der Waals surface area contributed by atoms with Crippen LogP contribution in [0.3, 0.4) is 0 Å². The molecular formula is C15H17N3O4S. The van der Waals surface area contributed by atoms with Crippen LogP contribution in [0.25, 0.3) is 11.0 Å². The van der Waals surface area contributed by atoms with E-state index >= 15 is 0 Å². The molecule has 7 nitrogen and oxygen atoms in total. The fourth-order valence-corrected chi connectivity index (χ4v) is 3.89. The number of hydrogen-bond donors (Lipinski definition) is 2. The van der Waals surface area contributed by atoms with Gasteiger partial charge in [-0.05, 0) is 18.2 Å². The SMILES string of the molecule is O=C(CCn1c(CO)nc2ccccc21)N[C@H]1C=CS(=O)(=O)C1. The molecule has 0 saturated heterocycles. The first kappa shape index (κ1) is 15.7. The summed E-state index contributed by atoms with van der Waals surface area (Å²) in [6.45, 7) is 0.158. The van der Waals surface area contributed by atoms with E-state index in [1.165, 1.54) is 6.08 Å². The fraction of sp³-hybridized carbons (Fsp3) is 0.333. The van der Waals surface area contributed by atoms with Gasteiger partial charge in [-0.25, -0.2) is 13.4 Å². The summed E-state index contributed by atoms with van der Waals surface area (Å²) in [6.07, 6.45) is 1.66. The Morgan fingerprint density at radius 3 is 2.87 bits per heavy atom. The van der Waals surface area contributed by atoms with E-state index < -0.39 is 15.9 Å². The van der Waals surface area contributed by atoms with Crippen LogP contribution in [0.5, 0.6) is 0 Å². The van der Waals surface area contributed by atoms with E-state index in [4.69, 9.17) is 0 Å². The number of rotatable bonds is 5. The number of nitrogens with one attached hydrogen (secondary N) is 1. The first-order chi connectivity index (χ1) is 11.0. The average molecular weight is 335 g/mol. The molecule has 1 atom stereocenters. The fourth-order valence-electron chi connectivity index (χ4n) is 2.65. The maximum Gasteiger partial charge on any atom is 0.222 e.